The molecule has 2 heterocycles. The molecule has 5 rings (SSSR count). The van der Waals surface area contributed by atoms with Crippen molar-refractivity contribution in [3.8, 4) is 11.5 Å². The van der Waals surface area contributed by atoms with Gasteiger partial charge in [-0.05, 0) is 55.9 Å². The molecule has 0 N–H and O–H groups in total. The third kappa shape index (κ3) is 2.52. The largest absolute Gasteiger partial charge is 0.493 e. The molecule has 2 aliphatic carbocycles. The highest BCUT2D eigenvalue weighted by Gasteiger charge is 2.64. The minimum Gasteiger partial charge on any atom is -0.493 e. The van der Waals surface area contributed by atoms with Gasteiger partial charge < -0.3 is 19.1 Å². The summed E-state index contributed by atoms with van der Waals surface area (Å²) in [5.74, 6) is 2.49. The second-order valence-corrected chi connectivity index (χ2v) is 10.3. The van der Waals surface area contributed by atoms with Gasteiger partial charge in [-0.3, -0.25) is 4.79 Å². The summed E-state index contributed by atoms with van der Waals surface area (Å²) in [6, 6.07) is 4.67. The van der Waals surface area contributed by atoms with Crippen molar-refractivity contribution in [2.24, 2.45) is 5.92 Å². The van der Waals surface area contributed by atoms with Gasteiger partial charge in [0.05, 0.1) is 13.0 Å². The number of nitrogens with zero attached hydrogens (tertiary/aromatic N) is 1. The lowest BCUT2D eigenvalue weighted by atomic mass is 9.53. The summed E-state index contributed by atoms with van der Waals surface area (Å²) in [7, 11) is 5.55. The number of rotatable bonds is 4. The van der Waals surface area contributed by atoms with E-state index in [1.165, 1.54) is 34.7 Å². The van der Waals surface area contributed by atoms with Crippen LogP contribution in [0, 0.1) is 5.92 Å². The molecular formula is C21H25NO4S2. The van der Waals surface area contributed by atoms with Crippen LogP contribution < -0.4 is 9.47 Å². The van der Waals surface area contributed by atoms with Gasteiger partial charge in [0.2, 0.25) is 4.45 Å². The molecule has 1 saturated heterocycles. The van der Waals surface area contributed by atoms with Crippen molar-refractivity contribution in [1.82, 2.24) is 4.90 Å². The first-order chi connectivity index (χ1) is 13.6. The molecule has 1 fully saturated rings. The molecule has 4 aliphatic rings. The van der Waals surface area contributed by atoms with Crippen molar-refractivity contribution in [3.05, 3.63) is 35.4 Å². The number of hydrogen-bond donors (Lipinski definition) is 0. The van der Waals surface area contributed by atoms with E-state index in [2.05, 4.69) is 30.2 Å². The average molecular weight is 420 g/mol. The molecular weight excluding hydrogens is 394 g/mol. The summed E-state index contributed by atoms with van der Waals surface area (Å²) < 4.78 is 17.3. The van der Waals surface area contributed by atoms with Gasteiger partial charge in [0.15, 0.2) is 11.5 Å². The van der Waals surface area contributed by atoms with E-state index < -0.39 is 0 Å². The Kier molecular flexibility index (Phi) is 4.69. The summed E-state index contributed by atoms with van der Waals surface area (Å²) in [6.07, 6.45) is 6.47. The number of hydrogen-bond acceptors (Lipinski definition) is 7. The number of methoxy groups -OCH3 is 2. The number of ether oxygens (including phenoxy) is 3. The highest BCUT2D eigenvalue weighted by Crippen LogP contribution is 2.63. The number of likely N-dealkylation sites (tertiary alicyclic amines) is 1. The number of carbonyl (C=O) groups is 1. The molecule has 0 unspecified atom stereocenters. The van der Waals surface area contributed by atoms with Crippen molar-refractivity contribution in [2.75, 3.05) is 33.8 Å². The molecule has 5 atom stereocenters. The van der Waals surface area contributed by atoms with Crippen LogP contribution in [0.2, 0.25) is 0 Å². The second kappa shape index (κ2) is 6.97. The number of likely N-dealkylation sites (N-methyl/N-ethyl adjacent to an activating group) is 1. The van der Waals surface area contributed by atoms with E-state index in [4.69, 9.17) is 14.2 Å². The molecule has 5 nitrogen and oxygen atoms in total. The van der Waals surface area contributed by atoms with Gasteiger partial charge in [-0.25, -0.2) is 0 Å². The molecule has 28 heavy (non-hydrogen) atoms. The zero-order valence-electron chi connectivity index (χ0n) is 16.3. The highest BCUT2D eigenvalue weighted by atomic mass is 32.2. The van der Waals surface area contributed by atoms with Crippen LogP contribution in [0.1, 0.15) is 17.5 Å². The molecule has 150 valence electrons. The van der Waals surface area contributed by atoms with Crippen LogP contribution in [0.25, 0.3) is 0 Å². The van der Waals surface area contributed by atoms with Crippen molar-refractivity contribution >= 4 is 28.0 Å². The van der Waals surface area contributed by atoms with Crippen LogP contribution in [0.4, 0.5) is 4.79 Å². The Morgan fingerprint density at radius 3 is 3.00 bits per heavy atom. The lowest BCUT2D eigenvalue weighted by Gasteiger charge is -2.58. The Hall–Kier alpha value is -1.15. The molecule has 1 spiro atoms. The molecule has 0 aromatic heterocycles. The predicted octanol–water partition coefficient (Wildman–Crippen LogP) is 3.70. The molecule has 2 aliphatic heterocycles. The fourth-order valence-electron chi connectivity index (χ4n) is 5.80. The molecule has 1 aromatic carbocycles. The Morgan fingerprint density at radius 1 is 1.36 bits per heavy atom. The fraction of sp³-hybridized carbons (Fsp3) is 0.571. The van der Waals surface area contributed by atoms with Gasteiger partial charge in [0.25, 0.3) is 0 Å². The van der Waals surface area contributed by atoms with Crippen molar-refractivity contribution in [3.63, 3.8) is 0 Å². The van der Waals surface area contributed by atoms with Gasteiger partial charge >= 0.3 is 0 Å². The van der Waals surface area contributed by atoms with Crippen molar-refractivity contribution < 1.29 is 19.0 Å². The van der Waals surface area contributed by atoms with Crippen LogP contribution in [-0.2, 0) is 16.6 Å². The quantitative estimate of drug-likeness (QED) is 0.545. The Labute approximate surface area is 174 Å². The molecule has 7 heteroatoms. The maximum absolute atomic E-state index is 12.5. The Balaban J connectivity index is 1.60. The summed E-state index contributed by atoms with van der Waals surface area (Å²) in [5, 5.41) is 0.148. The fourth-order valence-corrected chi connectivity index (χ4v) is 7.72. The maximum Gasteiger partial charge on any atom is 0.248 e. The zero-order chi connectivity index (χ0) is 19.5. The van der Waals surface area contributed by atoms with E-state index >= 15 is 0 Å². The number of carbonyl (C=O) groups excluding carboxylic acids is 1. The lowest BCUT2D eigenvalue weighted by molar-refractivity contribution is -0.000970. The third-order valence-electron chi connectivity index (χ3n) is 6.88. The first-order valence-electron chi connectivity index (χ1n) is 9.68. The Bertz CT molecular complexity index is 844. The summed E-state index contributed by atoms with van der Waals surface area (Å²) in [4.78, 5) is 15.0. The predicted molar refractivity (Wildman–Crippen MR) is 113 cm³/mol. The van der Waals surface area contributed by atoms with Crippen LogP contribution >= 0.6 is 23.5 Å². The maximum atomic E-state index is 12.5. The first-order valence-corrected chi connectivity index (χ1v) is 11.5. The van der Waals surface area contributed by atoms with Gasteiger partial charge in [0.1, 0.15) is 6.10 Å². The van der Waals surface area contributed by atoms with E-state index in [1.807, 2.05) is 6.07 Å². The van der Waals surface area contributed by atoms with E-state index in [-0.39, 0.29) is 21.2 Å². The van der Waals surface area contributed by atoms with Gasteiger partial charge in [-0.1, -0.05) is 23.9 Å². The van der Waals surface area contributed by atoms with E-state index in [1.54, 1.807) is 14.2 Å². The average Bonchev–Trinajstić information content (AvgIpc) is 3.04. The van der Waals surface area contributed by atoms with Crippen molar-refractivity contribution in [1.29, 1.82) is 0 Å². The molecule has 0 saturated carbocycles. The zero-order valence-corrected chi connectivity index (χ0v) is 18.0. The minimum absolute atomic E-state index is 0.0256. The third-order valence-corrected chi connectivity index (χ3v) is 9.03. The number of benzene rings is 1. The first kappa shape index (κ1) is 18.9. The summed E-state index contributed by atoms with van der Waals surface area (Å²) >= 11 is 2.70. The standard InChI is InChI=1S/C21H25NO4S2/c1-22-9-8-21-16-7-6-15(28-20(23)27-11-24-2)18(21)13(22)10-12-4-5-14(25-3)19(26-16)17(12)21/h4-7,13,15-16,18H,8-11H2,1-3H3/t13-,15-,16+,18-,21-/m1/s1. The molecule has 1 aromatic rings. The van der Waals surface area contributed by atoms with E-state index in [0.717, 1.165) is 30.9 Å². The highest BCUT2D eigenvalue weighted by molar-refractivity contribution is 8.38. The van der Waals surface area contributed by atoms with E-state index in [0.29, 0.717) is 17.9 Å². The normalized spacial score (nSPS) is 34.7. The number of thioether (sulfide) groups is 2. The van der Waals surface area contributed by atoms with Crippen LogP contribution in [0.3, 0.4) is 0 Å². The van der Waals surface area contributed by atoms with Gasteiger partial charge in [0, 0.05) is 35.3 Å². The molecule has 0 radical (unpaired) electrons. The van der Waals surface area contributed by atoms with Gasteiger partial charge in [-0.2, -0.15) is 0 Å². The minimum atomic E-state index is -0.0622. The van der Waals surface area contributed by atoms with Crippen molar-refractivity contribution in [2.45, 2.75) is 35.7 Å². The SMILES string of the molecule is COCSC(=O)S[C@@H]1C=C[C@@H]2Oc3c(OC)ccc4c3[C@@]23CCN(C)[C@H](C4)[C@H]13. The topological polar surface area (TPSA) is 48.0 Å². The second-order valence-electron chi connectivity index (χ2n) is 8.01. The molecule has 0 amide bonds. The smallest absolute Gasteiger partial charge is 0.248 e. The van der Waals surface area contributed by atoms with Crippen LogP contribution in [0.5, 0.6) is 11.5 Å². The Morgan fingerprint density at radius 2 is 2.21 bits per heavy atom. The summed E-state index contributed by atoms with van der Waals surface area (Å²) in [5.41, 5.74) is 2.66. The van der Waals surface area contributed by atoms with Gasteiger partial charge in [-0.15, -0.1) is 0 Å². The number of piperidine rings is 1. The van der Waals surface area contributed by atoms with E-state index in [9.17, 15) is 4.79 Å². The molecule has 2 bridgehead atoms. The van der Waals surface area contributed by atoms with Crippen LogP contribution in [-0.4, -0.2) is 60.5 Å². The summed E-state index contributed by atoms with van der Waals surface area (Å²) in [6.45, 7) is 1.05. The van der Waals surface area contributed by atoms with Crippen LogP contribution in [0.15, 0.2) is 24.3 Å². The lowest BCUT2D eigenvalue weighted by Crippen LogP contribution is -2.65. The monoisotopic (exact) mass is 419 g/mol.